The Balaban J connectivity index is 0.00000320. The lowest BCUT2D eigenvalue weighted by molar-refractivity contribution is 0.409. The standard InChI is InChI=1S/C22H34N6O.HI/c1-3-21-27-25-17-28(21)16-15-24-22(26-19-7-5-4-6-8-19)23-14-13-18-9-11-20(29-2)12-10-18;/h9-12,17,19H,3-8,13-16H2,1-2H3,(H2,23,24,26);1H. The lowest BCUT2D eigenvalue weighted by Crippen LogP contribution is -2.45. The Labute approximate surface area is 197 Å². The number of hydrogen-bond acceptors (Lipinski definition) is 4. The van der Waals surface area contributed by atoms with Gasteiger partial charge in [0.1, 0.15) is 17.9 Å². The molecule has 2 N–H and O–H groups in total. The zero-order valence-corrected chi connectivity index (χ0v) is 20.5. The van der Waals surface area contributed by atoms with E-state index in [0.717, 1.165) is 50.0 Å². The Morgan fingerprint density at radius 2 is 1.97 bits per heavy atom. The lowest BCUT2D eigenvalue weighted by atomic mass is 9.96. The van der Waals surface area contributed by atoms with Gasteiger partial charge in [0.15, 0.2) is 5.96 Å². The van der Waals surface area contributed by atoms with E-state index >= 15 is 0 Å². The number of ether oxygens (including phenoxy) is 1. The molecule has 1 fully saturated rings. The number of nitrogens with zero attached hydrogens (tertiary/aromatic N) is 4. The zero-order chi connectivity index (χ0) is 20.3. The third kappa shape index (κ3) is 7.77. The van der Waals surface area contributed by atoms with Gasteiger partial charge in [-0.3, -0.25) is 4.99 Å². The van der Waals surface area contributed by atoms with Crippen LogP contribution in [0, 0.1) is 0 Å². The number of methoxy groups -OCH3 is 1. The monoisotopic (exact) mass is 526 g/mol. The topological polar surface area (TPSA) is 76.4 Å². The van der Waals surface area contributed by atoms with Crippen molar-refractivity contribution >= 4 is 29.9 Å². The van der Waals surface area contributed by atoms with Crippen molar-refractivity contribution in [1.29, 1.82) is 0 Å². The van der Waals surface area contributed by atoms with Gasteiger partial charge in [-0.15, -0.1) is 34.2 Å². The van der Waals surface area contributed by atoms with E-state index in [0.29, 0.717) is 6.04 Å². The second-order valence-electron chi connectivity index (χ2n) is 7.53. The van der Waals surface area contributed by atoms with E-state index in [2.05, 4.69) is 44.5 Å². The molecule has 0 radical (unpaired) electrons. The molecule has 1 heterocycles. The van der Waals surface area contributed by atoms with Crippen LogP contribution in [0.3, 0.4) is 0 Å². The molecule has 7 nitrogen and oxygen atoms in total. The normalized spacial score (nSPS) is 14.8. The van der Waals surface area contributed by atoms with E-state index in [1.54, 1.807) is 13.4 Å². The summed E-state index contributed by atoms with van der Waals surface area (Å²) in [4.78, 5) is 4.84. The predicted molar refractivity (Wildman–Crippen MR) is 132 cm³/mol. The summed E-state index contributed by atoms with van der Waals surface area (Å²) in [5.74, 6) is 2.82. The molecule has 0 amide bonds. The molecule has 0 unspecified atom stereocenters. The molecule has 0 saturated heterocycles. The number of rotatable bonds is 9. The molecule has 1 aromatic carbocycles. The fraction of sp³-hybridized carbons (Fsp3) is 0.591. The minimum atomic E-state index is 0. The first-order chi connectivity index (χ1) is 14.3. The molecule has 2 aromatic rings. The minimum absolute atomic E-state index is 0. The van der Waals surface area contributed by atoms with Gasteiger partial charge in [0.25, 0.3) is 0 Å². The van der Waals surface area contributed by atoms with Crippen LogP contribution in [0.4, 0.5) is 0 Å². The number of halogens is 1. The van der Waals surface area contributed by atoms with Gasteiger partial charge in [0.05, 0.1) is 7.11 Å². The number of aromatic nitrogens is 3. The number of nitrogens with one attached hydrogen (secondary N) is 2. The fourth-order valence-corrected chi connectivity index (χ4v) is 3.72. The van der Waals surface area contributed by atoms with Gasteiger partial charge in [0.2, 0.25) is 0 Å². The molecule has 0 spiro atoms. The number of benzene rings is 1. The van der Waals surface area contributed by atoms with Gasteiger partial charge in [-0.25, -0.2) is 0 Å². The van der Waals surface area contributed by atoms with Crippen molar-refractivity contribution in [3.05, 3.63) is 42.0 Å². The SMILES string of the molecule is CCc1nncn1CCNC(=NCCc1ccc(OC)cc1)NC1CCCCC1.I. The summed E-state index contributed by atoms with van der Waals surface area (Å²) in [5.41, 5.74) is 1.27. The van der Waals surface area contributed by atoms with Crippen LogP contribution in [-0.2, 0) is 19.4 Å². The largest absolute Gasteiger partial charge is 0.497 e. The highest BCUT2D eigenvalue weighted by Gasteiger charge is 2.14. The third-order valence-corrected chi connectivity index (χ3v) is 5.43. The van der Waals surface area contributed by atoms with Crippen molar-refractivity contribution in [2.45, 2.75) is 64.5 Å². The number of guanidine groups is 1. The average Bonchev–Trinajstić information content (AvgIpc) is 3.22. The van der Waals surface area contributed by atoms with Crippen molar-refractivity contribution in [1.82, 2.24) is 25.4 Å². The van der Waals surface area contributed by atoms with Crippen LogP contribution >= 0.6 is 24.0 Å². The fourth-order valence-electron chi connectivity index (χ4n) is 3.72. The van der Waals surface area contributed by atoms with Crippen molar-refractivity contribution in [3.63, 3.8) is 0 Å². The molecule has 166 valence electrons. The molecule has 1 aliphatic rings. The molecule has 0 aliphatic heterocycles. The van der Waals surface area contributed by atoms with Gasteiger partial charge in [-0.05, 0) is 37.0 Å². The summed E-state index contributed by atoms with van der Waals surface area (Å²) in [6, 6.07) is 8.74. The van der Waals surface area contributed by atoms with Gasteiger partial charge in [0, 0.05) is 32.1 Å². The van der Waals surface area contributed by atoms with E-state index in [4.69, 9.17) is 9.73 Å². The van der Waals surface area contributed by atoms with Crippen molar-refractivity contribution in [2.24, 2.45) is 4.99 Å². The summed E-state index contributed by atoms with van der Waals surface area (Å²) < 4.78 is 7.33. The van der Waals surface area contributed by atoms with Gasteiger partial charge in [-0.2, -0.15) is 0 Å². The summed E-state index contributed by atoms with van der Waals surface area (Å²) in [6.07, 6.45) is 10.0. The van der Waals surface area contributed by atoms with Crippen LogP contribution in [-0.4, -0.2) is 47.0 Å². The third-order valence-electron chi connectivity index (χ3n) is 5.43. The van der Waals surface area contributed by atoms with Gasteiger partial charge in [-0.1, -0.05) is 38.3 Å². The molecular weight excluding hydrogens is 491 g/mol. The molecular formula is C22H35IN6O. The molecule has 1 saturated carbocycles. The highest BCUT2D eigenvalue weighted by atomic mass is 127. The van der Waals surface area contributed by atoms with E-state index in [-0.39, 0.29) is 24.0 Å². The molecule has 1 aliphatic carbocycles. The van der Waals surface area contributed by atoms with Crippen molar-refractivity contribution < 1.29 is 4.74 Å². The molecule has 30 heavy (non-hydrogen) atoms. The first kappa shape index (κ1) is 24.4. The van der Waals surface area contributed by atoms with Crippen LogP contribution < -0.4 is 15.4 Å². The molecule has 8 heteroatoms. The summed E-state index contributed by atoms with van der Waals surface area (Å²) >= 11 is 0. The Morgan fingerprint density at radius 3 is 2.67 bits per heavy atom. The molecule has 3 rings (SSSR count). The molecule has 0 atom stereocenters. The first-order valence-corrected chi connectivity index (χ1v) is 10.8. The summed E-state index contributed by atoms with van der Waals surface area (Å²) in [6.45, 7) is 4.48. The van der Waals surface area contributed by atoms with Crippen molar-refractivity contribution in [2.75, 3.05) is 20.2 Å². The van der Waals surface area contributed by atoms with Crippen LogP contribution in [0.1, 0.15) is 50.4 Å². The number of aliphatic imine (C=N–C) groups is 1. The number of hydrogen-bond donors (Lipinski definition) is 2. The van der Waals surface area contributed by atoms with Crippen LogP contribution in [0.15, 0.2) is 35.6 Å². The first-order valence-electron chi connectivity index (χ1n) is 10.8. The highest BCUT2D eigenvalue weighted by Crippen LogP contribution is 2.17. The minimum Gasteiger partial charge on any atom is -0.497 e. The Kier molecular flexibility index (Phi) is 11.0. The Morgan fingerprint density at radius 1 is 1.20 bits per heavy atom. The Hall–Kier alpha value is -1.84. The second kappa shape index (κ2) is 13.5. The summed E-state index contributed by atoms with van der Waals surface area (Å²) in [5, 5.41) is 15.3. The Bertz CT molecular complexity index is 755. The second-order valence-corrected chi connectivity index (χ2v) is 7.53. The van der Waals surface area contributed by atoms with Crippen molar-refractivity contribution in [3.8, 4) is 5.75 Å². The van der Waals surface area contributed by atoms with E-state index < -0.39 is 0 Å². The maximum atomic E-state index is 5.23. The summed E-state index contributed by atoms with van der Waals surface area (Å²) in [7, 11) is 1.69. The average molecular weight is 526 g/mol. The quantitative estimate of drug-likeness (QED) is 0.297. The van der Waals surface area contributed by atoms with Crippen LogP contribution in [0.2, 0.25) is 0 Å². The number of aryl methyl sites for hydroxylation is 1. The maximum absolute atomic E-state index is 5.23. The van der Waals surface area contributed by atoms with E-state index in [9.17, 15) is 0 Å². The van der Waals surface area contributed by atoms with Gasteiger partial charge >= 0.3 is 0 Å². The van der Waals surface area contributed by atoms with E-state index in [1.165, 1.54) is 37.7 Å². The van der Waals surface area contributed by atoms with Gasteiger partial charge < -0.3 is 19.9 Å². The smallest absolute Gasteiger partial charge is 0.191 e. The maximum Gasteiger partial charge on any atom is 0.191 e. The van der Waals surface area contributed by atoms with Crippen LogP contribution in [0.25, 0.3) is 0 Å². The zero-order valence-electron chi connectivity index (χ0n) is 18.1. The molecule has 0 bridgehead atoms. The van der Waals surface area contributed by atoms with Crippen LogP contribution in [0.5, 0.6) is 5.75 Å². The highest BCUT2D eigenvalue weighted by molar-refractivity contribution is 14.0. The lowest BCUT2D eigenvalue weighted by Gasteiger charge is -2.25. The molecule has 1 aromatic heterocycles. The van der Waals surface area contributed by atoms with E-state index in [1.807, 2.05) is 12.1 Å². The predicted octanol–water partition coefficient (Wildman–Crippen LogP) is 3.58.